The van der Waals surface area contributed by atoms with Gasteiger partial charge >= 0.3 is 6.09 Å². The molecule has 12 nitrogen and oxygen atoms in total. The highest BCUT2D eigenvalue weighted by Crippen LogP contribution is 2.30. The molecule has 12 heteroatoms. The Kier molecular flexibility index (Phi) is 9.18. The van der Waals surface area contributed by atoms with Gasteiger partial charge in [0.2, 0.25) is 0 Å². The van der Waals surface area contributed by atoms with Gasteiger partial charge in [-0.15, -0.1) is 0 Å². The van der Waals surface area contributed by atoms with Crippen molar-refractivity contribution in [3.8, 4) is 11.3 Å². The predicted molar refractivity (Wildman–Crippen MR) is 177 cm³/mol. The number of fused-ring (bicyclic) bond motifs is 1. The Balaban J connectivity index is 1.09. The Labute approximate surface area is 269 Å². The van der Waals surface area contributed by atoms with E-state index >= 15 is 0 Å². The van der Waals surface area contributed by atoms with Crippen LogP contribution in [0.15, 0.2) is 55.0 Å². The number of morpholine rings is 1. The van der Waals surface area contributed by atoms with E-state index in [4.69, 9.17) is 9.47 Å². The molecule has 0 spiro atoms. The lowest BCUT2D eigenvalue weighted by atomic mass is 10.0. The summed E-state index contributed by atoms with van der Waals surface area (Å²) in [6.07, 6.45) is 4.76. The van der Waals surface area contributed by atoms with Crippen molar-refractivity contribution < 1.29 is 19.1 Å². The van der Waals surface area contributed by atoms with Gasteiger partial charge < -0.3 is 29.6 Å². The fraction of sp³-hybridized carbons (Fsp3) is 0.441. The predicted octanol–water partition coefficient (Wildman–Crippen LogP) is 4.62. The van der Waals surface area contributed by atoms with Crippen molar-refractivity contribution in [1.29, 1.82) is 0 Å². The molecular formula is C34H42N8O4. The molecule has 242 valence electrons. The minimum atomic E-state index is -0.533. The fourth-order valence-corrected chi connectivity index (χ4v) is 6.00. The number of carbonyl (C=O) groups excluding carboxylic acids is 2. The van der Waals surface area contributed by atoms with E-state index in [0.29, 0.717) is 32.0 Å². The first-order valence-electron chi connectivity index (χ1n) is 15.8. The quantitative estimate of drug-likeness (QED) is 0.302. The number of alkyl carbamates (subject to hydrolysis) is 1. The molecule has 1 unspecified atom stereocenters. The minimum absolute atomic E-state index is 0.0183. The van der Waals surface area contributed by atoms with Gasteiger partial charge in [-0.2, -0.15) is 0 Å². The Bertz CT molecular complexity index is 1680. The van der Waals surface area contributed by atoms with Crippen LogP contribution in [0, 0.1) is 0 Å². The number of nitrogens with zero attached hydrogens (tertiary/aromatic N) is 6. The van der Waals surface area contributed by atoms with Gasteiger partial charge in [-0.05, 0) is 81.6 Å². The van der Waals surface area contributed by atoms with Gasteiger partial charge in [0.05, 0.1) is 18.6 Å². The van der Waals surface area contributed by atoms with E-state index in [2.05, 4.69) is 41.1 Å². The van der Waals surface area contributed by atoms with Crippen LogP contribution < -0.4 is 15.1 Å². The van der Waals surface area contributed by atoms with Gasteiger partial charge in [-0.1, -0.05) is 12.1 Å². The number of anilines is 2. The number of amides is 2. The smallest absolute Gasteiger partial charge is 0.407 e. The van der Waals surface area contributed by atoms with Crippen LogP contribution in [0.5, 0.6) is 0 Å². The highest BCUT2D eigenvalue weighted by atomic mass is 16.6. The Morgan fingerprint density at radius 1 is 1.07 bits per heavy atom. The summed E-state index contributed by atoms with van der Waals surface area (Å²) in [5.41, 5.74) is 4.31. The van der Waals surface area contributed by atoms with E-state index in [9.17, 15) is 9.59 Å². The molecule has 1 atom stereocenters. The molecule has 5 heterocycles. The Hall–Kier alpha value is -4.55. The van der Waals surface area contributed by atoms with Gasteiger partial charge in [0.25, 0.3) is 5.91 Å². The number of hydrogen-bond acceptors (Lipinski definition) is 9. The number of ether oxygens (including phenoxy) is 2. The van der Waals surface area contributed by atoms with Crippen molar-refractivity contribution in [2.45, 2.75) is 51.8 Å². The van der Waals surface area contributed by atoms with Crippen molar-refractivity contribution in [1.82, 2.24) is 30.2 Å². The number of piperidine rings is 1. The molecule has 2 N–H and O–H groups in total. The maximum atomic E-state index is 13.5. The summed E-state index contributed by atoms with van der Waals surface area (Å²) in [5, 5.41) is 3.97. The van der Waals surface area contributed by atoms with E-state index in [-0.39, 0.29) is 18.0 Å². The third-order valence-electron chi connectivity index (χ3n) is 8.26. The van der Waals surface area contributed by atoms with Gasteiger partial charge in [-0.3, -0.25) is 14.7 Å². The van der Waals surface area contributed by atoms with Crippen LogP contribution in [0.3, 0.4) is 0 Å². The first-order chi connectivity index (χ1) is 22.1. The van der Waals surface area contributed by atoms with E-state index in [1.165, 1.54) is 0 Å². The molecule has 0 bridgehead atoms. The van der Waals surface area contributed by atoms with Gasteiger partial charge in [0.1, 0.15) is 29.1 Å². The van der Waals surface area contributed by atoms with Crippen molar-refractivity contribution in [2.75, 3.05) is 56.2 Å². The zero-order valence-corrected chi connectivity index (χ0v) is 27.0. The summed E-state index contributed by atoms with van der Waals surface area (Å²) < 4.78 is 10.9. The van der Waals surface area contributed by atoms with E-state index in [1.54, 1.807) is 24.5 Å². The van der Waals surface area contributed by atoms with Crippen LogP contribution in [0.25, 0.3) is 22.3 Å². The normalized spacial score (nSPS) is 17.6. The highest BCUT2D eigenvalue weighted by Gasteiger charge is 2.25. The third-order valence-corrected chi connectivity index (χ3v) is 8.26. The average molecular weight is 627 g/mol. The number of pyridine rings is 1. The maximum absolute atomic E-state index is 13.5. The first-order valence-corrected chi connectivity index (χ1v) is 15.8. The first kappa shape index (κ1) is 31.4. The van der Waals surface area contributed by atoms with Gasteiger partial charge in [0, 0.05) is 56.8 Å². The summed E-state index contributed by atoms with van der Waals surface area (Å²) in [6.45, 7) is 10.8. The third kappa shape index (κ3) is 7.45. The topological polar surface area (TPSA) is 129 Å². The number of benzene rings is 1. The summed E-state index contributed by atoms with van der Waals surface area (Å²) >= 11 is 0. The fourth-order valence-electron chi connectivity index (χ4n) is 6.00. The Morgan fingerprint density at radius 3 is 2.61 bits per heavy atom. The van der Waals surface area contributed by atoms with Gasteiger partial charge in [-0.25, -0.2) is 14.8 Å². The Morgan fingerprint density at radius 2 is 1.85 bits per heavy atom. The van der Waals surface area contributed by atoms with Crippen molar-refractivity contribution >= 4 is 34.5 Å². The number of aromatic amines is 1. The molecule has 2 amide bonds. The molecule has 2 aliphatic rings. The summed E-state index contributed by atoms with van der Waals surface area (Å²) in [7, 11) is 1.76. The lowest BCUT2D eigenvalue weighted by molar-refractivity contribution is 0.0470. The number of nitrogens with one attached hydrogen (secondary N) is 2. The second kappa shape index (κ2) is 13.4. The molecule has 0 radical (unpaired) electrons. The molecule has 6 rings (SSSR count). The van der Waals surface area contributed by atoms with Crippen LogP contribution >= 0.6 is 0 Å². The zero-order valence-electron chi connectivity index (χ0n) is 27.0. The number of rotatable bonds is 7. The summed E-state index contributed by atoms with van der Waals surface area (Å²) in [6, 6.07) is 13.7. The lowest BCUT2D eigenvalue weighted by Crippen LogP contribution is -2.48. The molecule has 2 fully saturated rings. The molecule has 0 saturated carbocycles. The van der Waals surface area contributed by atoms with Crippen molar-refractivity contribution in [2.24, 2.45) is 0 Å². The second-order valence-electron chi connectivity index (χ2n) is 12.9. The lowest BCUT2D eigenvalue weighted by Gasteiger charge is -2.33. The molecule has 3 aromatic heterocycles. The number of hydrogen-bond donors (Lipinski definition) is 2. The molecule has 4 aromatic rings. The molecule has 0 aliphatic carbocycles. The van der Waals surface area contributed by atoms with Crippen LogP contribution in [-0.4, -0.2) is 94.9 Å². The monoisotopic (exact) mass is 626 g/mol. The van der Waals surface area contributed by atoms with E-state index in [1.807, 2.05) is 57.2 Å². The number of carbonyl (C=O) groups is 2. The van der Waals surface area contributed by atoms with Crippen LogP contribution in [0.1, 0.15) is 49.7 Å². The second-order valence-corrected chi connectivity index (χ2v) is 12.9. The molecule has 1 aromatic carbocycles. The summed E-state index contributed by atoms with van der Waals surface area (Å²) in [5.74, 6) is 0.721. The zero-order chi connectivity index (χ0) is 32.3. The molecule has 2 aliphatic heterocycles. The molecule has 46 heavy (non-hydrogen) atoms. The van der Waals surface area contributed by atoms with Crippen LogP contribution in [0.4, 0.5) is 16.3 Å². The van der Waals surface area contributed by atoms with Crippen LogP contribution in [0.2, 0.25) is 0 Å². The van der Waals surface area contributed by atoms with E-state index in [0.717, 1.165) is 71.8 Å². The number of likely N-dealkylation sites (tertiary alicyclic amines) is 1. The highest BCUT2D eigenvalue weighted by molar-refractivity contribution is 6.04. The molecular weight excluding hydrogens is 584 g/mol. The minimum Gasteiger partial charge on any atom is -0.444 e. The largest absolute Gasteiger partial charge is 0.444 e. The number of H-pyrrole nitrogens is 1. The average Bonchev–Trinajstić information content (AvgIpc) is 3.49. The van der Waals surface area contributed by atoms with E-state index < -0.39 is 5.60 Å². The van der Waals surface area contributed by atoms with Crippen LogP contribution in [-0.2, 0) is 16.0 Å². The number of aromatic nitrogens is 4. The van der Waals surface area contributed by atoms with Gasteiger partial charge in [0.15, 0.2) is 0 Å². The molecule has 2 saturated heterocycles. The van der Waals surface area contributed by atoms with Crippen molar-refractivity contribution in [3.63, 3.8) is 0 Å². The summed E-state index contributed by atoms with van der Waals surface area (Å²) in [4.78, 5) is 48.7. The maximum Gasteiger partial charge on any atom is 0.407 e. The SMILES string of the molecule is CN(C(=O)c1cc(CN2CCCC(NC(=O)OC(C)(C)C)C2)ccn1)c1ccc(-c2cc3c(N4CCOCC4)ncnc3[nH]2)cc1. The standard InChI is InChI=1S/C34H42N8O4/c1-34(2,3)46-33(44)38-25-6-5-13-41(21-25)20-23-11-12-35-29(18-23)32(43)40(4)26-9-7-24(8-10-26)28-19-27-30(39-28)36-22-37-31(27)42-14-16-45-17-15-42/h7-12,18-19,22,25H,5-6,13-17,20-21H2,1-4H3,(H,38,44)(H,36,37,39). The van der Waals surface area contributed by atoms with Crippen molar-refractivity contribution in [3.05, 3.63) is 66.2 Å².